The Bertz CT molecular complexity index is 1800. The molecule has 240 valence electrons. The predicted molar refractivity (Wildman–Crippen MR) is 157 cm³/mol. The lowest BCUT2D eigenvalue weighted by atomic mass is 10.2. The number of aliphatic hydroxyl groups excluding tert-OH is 2. The summed E-state index contributed by atoms with van der Waals surface area (Å²) in [6.07, 6.45) is -1.03. The number of aliphatic hydroxyl groups is 2. The summed E-state index contributed by atoms with van der Waals surface area (Å²) < 4.78 is 28.4. The van der Waals surface area contributed by atoms with Crippen molar-refractivity contribution in [1.29, 1.82) is 0 Å². The van der Waals surface area contributed by atoms with Gasteiger partial charge in [0.05, 0.1) is 31.6 Å². The van der Waals surface area contributed by atoms with E-state index in [1.807, 2.05) is 13.8 Å². The van der Waals surface area contributed by atoms with Gasteiger partial charge < -0.3 is 28.7 Å². The topological polar surface area (TPSA) is 218 Å². The van der Waals surface area contributed by atoms with Crippen molar-refractivity contribution in [1.82, 2.24) is 34.1 Å². The van der Waals surface area contributed by atoms with Gasteiger partial charge in [0.2, 0.25) is 6.49 Å². The highest BCUT2D eigenvalue weighted by molar-refractivity contribution is 8.13. The first kappa shape index (κ1) is 32.3. The number of nitrogens with one attached hydrogen (secondary N) is 2. The molecule has 0 bridgehead atoms. The Morgan fingerprint density at radius 2 is 1.57 bits per heavy atom. The Hall–Kier alpha value is -3.09. The van der Waals surface area contributed by atoms with Gasteiger partial charge in [-0.05, 0) is 39.5 Å². The lowest BCUT2D eigenvalue weighted by Crippen LogP contribution is -2.33. The van der Waals surface area contributed by atoms with Crippen LogP contribution in [0, 0.1) is 13.8 Å². The summed E-state index contributed by atoms with van der Waals surface area (Å²) in [4.78, 5) is 53.0. The zero-order valence-corrected chi connectivity index (χ0v) is 26.1. The molecule has 0 saturated carbocycles. The lowest BCUT2D eigenvalue weighted by molar-refractivity contribution is -0.0490. The predicted octanol–water partition coefficient (Wildman–Crippen LogP) is -1.16. The zero-order valence-electron chi connectivity index (χ0n) is 24.4. The smallest absolute Gasteiger partial charge is 0.330 e. The molecule has 2 aliphatic rings. The summed E-state index contributed by atoms with van der Waals surface area (Å²) >= 11 is 5.94. The molecule has 7 atom stereocenters. The number of aromatic amines is 2. The third-order valence-corrected chi connectivity index (χ3v) is 10.4. The Labute approximate surface area is 254 Å². The molecule has 3 aromatic rings. The molecule has 4 N–H and O–H groups in total. The molecule has 5 rings (SSSR count). The van der Waals surface area contributed by atoms with Crippen molar-refractivity contribution in [3.63, 3.8) is 0 Å². The quantitative estimate of drug-likeness (QED) is 0.190. The average Bonchev–Trinajstić information content (AvgIpc) is 3.70. The van der Waals surface area contributed by atoms with E-state index in [0.717, 1.165) is 0 Å². The van der Waals surface area contributed by atoms with E-state index >= 15 is 0 Å². The molecule has 2 fully saturated rings. The van der Waals surface area contributed by atoms with Gasteiger partial charge in [-0.3, -0.25) is 28.7 Å². The van der Waals surface area contributed by atoms with Crippen LogP contribution in [0.25, 0.3) is 0 Å². The van der Waals surface area contributed by atoms with Crippen LogP contribution < -0.4 is 27.9 Å². The Morgan fingerprint density at radius 3 is 2.11 bits per heavy atom. The van der Waals surface area contributed by atoms with Gasteiger partial charge in [0.1, 0.15) is 24.7 Å². The molecule has 0 aliphatic carbocycles. The van der Waals surface area contributed by atoms with Crippen molar-refractivity contribution < 1.29 is 28.7 Å². The summed E-state index contributed by atoms with van der Waals surface area (Å²) in [5.41, 5.74) is -1.59. The van der Waals surface area contributed by atoms with Gasteiger partial charge in [0.15, 0.2) is 5.44 Å². The van der Waals surface area contributed by atoms with Gasteiger partial charge in [-0.2, -0.15) is 0 Å². The first-order chi connectivity index (χ1) is 20.8. The summed E-state index contributed by atoms with van der Waals surface area (Å²) in [5, 5.41) is 29.2. The Morgan fingerprint density at radius 1 is 1.00 bits per heavy atom. The van der Waals surface area contributed by atoms with Crippen LogP contribution in [0.2, 0.25) is 0 Å². The van der Waals surface area contributed by atoms with Crippen LogP contribution in [0.1, 0.15) is 56.3 Å². The number of H-pyrrole nitrogens is 2. The second kappa shape index (κ2) is 12.7. The van der Waals surface area contributed by atoms with Crippen LogP contribution in [0.3, 0.4) is 0 Å². The van der Waals surface area contributed by atoms with Crippen molar-refractivity contribution in [2.24, 2.45) is 0 Å². The highest BCUT2D eigenvalue weighted by Gasteiger charge is 2.43. The van der Waals surface area contributed by atoms with Gasteiger partial charge >= 0.3 is 11.4 Å². The normalized spacial score (nSPS) is 26.8. The van der Waals surface area contributed by atoms with Crippen LogP contribution in [0.4, 0.5) is 0 Å². The lowest BCUT2D eigenvalue weighted by Gasteiger charge is -2.27. The monoisotopic (exact) mass is 655 g/mol. The maximum atomic E-state index is 12.5. The number of aromatic nitrogens is 7. The third kappa shape index (κ3) is 6.48. The second-order valence-corrected chi connectivity index (χ2v) is 14.4. The van der Waals surface area contributed by atoms with E-state index in [1.54, 1.807) is 24.7 Å². The molecular formula is C25H34N7O10PS. The van der Waals surface area contributed by atoms with Gasteiger partial charge in [0, 0.05) is 42.4 Å². The molecule has 3 aromatic heterocycles. The van der Waals surface area contributed by atoms with Crippen LogP contribution >= 0.6 is 6.49 Å². The zero-order chi connectivity index (χ0) is 31.9. The average molecular weight is 656 g/mol. The molecule has 0 radical (unpaired) electrons. The summed E-state index contributed by atoms with van der Waals surface area (Å²) in [5.74, 6) is 0. The third-order valence-electron chi connectivity index (χ3n) is 7.47. The summed E-state index contributed by atoms with van der Waals surface area (Å²) in [7, 11) is 0. The summed E-state index contributed by atoms with van der Waals surface area (Å²) in [6.45, 7) is 2.63. The molecule has 5 heterocycles. The van der Waals surface area contributed by atoms with Crippen LogP contribution in [-0.2, 0) is 30.3 Å². The fraction of sp³-hybridized carbons (Fsp3) is 0.600. The van der Waals surface area contributed by atoms with Crippen LogP contribution in [0.15, 0.2) is 37.8 Å². The summed E-state index contributed by atoms with van der Waals surface area (Å²) in [6, 6.07) is -0.0562. The number of ether oxygens (including phenoxy) is 2. The highest BCUT2D eigenvalue weighted by Crippen LogP contribution is 2.51. The SMILES string of the molecule is Cc1cn([C@H]2CC(O)[C@@H](COP(=S)(OC3C[C@H](n4cc(C)c(=O)[nH]c4=O)O[C@@H]3CO)c3cn(C(C)C)nn3)O2)c(=O)[nH]c1=O. The highest BCUT2D eigenvalue weighted by atomic mass is 32.5. The van der Waals surface area contributed by atoms with Crippen molar-refractivity contribution >= 4 is 23.7 Å². The van der Waals surface area contributed by atoms with Crippen molar-refractivity contribution in [3.8, 4) is 0 Å². The van der Waals surface area contributed by atoms with E-state index in [4.69, 9.17) is 30.3 Å². The van der Waals surface area contributed by atoms with Crippen LogP contribution in [0.5, 0.6) is 0 Å². The number of rotatable bonds is 10. The number of aryl methyl sites for hydroxylation is 2. The fourth-order valence-corrected chi connectivity index (χ4v) is 7.32. The molecule has 0 spiro atoms. The number of hydrogen-bond acceptors (Lipinski definition) is 13. The van der Waals surface area contributed by atoms with Gasteiger partial charge in [-0.15, -0.1) is 5.10 Å². The Balaban J connectivity index is 1.38. The second-order valence-electron chi connectivity index (χ2n) is 11.0. The van der Waals surface area contributed by atoms with Crippen molar-refractivity contribution in [2.45, 2.75) is 83.5 Å². The molecule has 2 aliphatic heterocycles. The maximum Gasteiger partial charge on any atom is 0.330 e. The molecule has 3 unspecified atom stereocenters. The maximum absolute atomic E-state index is 12.5. The molecule has 44 heavy (non-hydrogen) atoms. The van der Waals surface area contributed by atoms with Gasteiger partial charge in [-0.1, -0.05) is 5.21 Å². The van der Waals surface area contributed by atoms with Gasteiger partial charge in [-0.25, -0.2) is 14.3 Å². The fourth-order valence-electron chi connectivity index (χ4n) is 4.93. The molecule has 2 saturated heterocycles. The van der Waals surface area contributed by atoms with E-state index in [-0.39, 0.29) is 30.9 Å². The van der Waals surface area contributed by atoms with Gasteiger partial charge in [0.25, 0.3) is 11.1 Å². The number of hydrogen-bond donors (Lipinski definition) is 4. The first-order valence-corrected chi connectivity index (χ1v) is 16.5. The Kier molecular flexibility index (Phi) is 9.34. The minimum absolute atomic E-state index is 0.0464. The molecule has 0 aromatic carbocycles. The molecule has 17 nitrogen and oxygen atoms in total. The largest absolute Gasteiger partial charge is 0.394 e. The standard InChI is InChI=1S/C25H34N7O10PS/c1-12(2)32-9-19(28-29-32)43(44,39-11-18-15(34)5-20(41-18)30-7-13(3)22(35)26-24(30)37)42-16-6-21(40-17(16)10-33)31-8-14(4)23(36)27-25(31)38/h7-9,12,15-18,20-21,33-34H,5-6,10-11H2,1-4H3,(H,26,35,37)(H,27,36,38)/t15?,16?,17-,18-,20-,21-,43?/m1/s1. The van der Waals surface area contributed by atoms with E-state index in [2.05, 4.69) is 20.3 Å². The van der Waals surface area contributed by atoms with Crippen molar-refractivity contribution in [2.75, 3.05) is 13.2 Å². The van der Waals surface area contributed by atoms with E-state index in [0.29, 0.717) is 11.1 Å². The van der Waals surface area contributed by atoms with E-state index in [9.17, 15) is 29.4 Å². The van der Waals surface area contributed by atoms with E-state index < -0.39 is 72.5 Å². The number of nitrogens with zero attached hydrogens (tertiary/aromatic N) is 5. The van der Waals surface area contributed by atoms with Crippen LogP contribution in [-0.4, -0.2) is 81.9 Å². The first-order valence-electron chi connectivity index (χ1n) is 13.9. The van der Waals surface area contributed by atoms with E-state index in [1.165, 1.54) is 21.5 Å². The van der Waals surface area contributed by atoms with Crippen molar-refractivity contribution in [3.05, 3.63) is 71.4 Å². The minimum atomic E-state index is -3.54. The molecular weight excluding hydrogens is 621 g/mol. The minimum Gasteiger partial charge on any atom is -0.394 e. The molecule has 0 amide bonds. The molecule has 19 heteroatoms.